The third-order valence-corrected chi connectivity index (χ3v) is 4.10. The van der Waals surface area contributed by atoms with Crippen LogP contribution in [0.3, 0.4) is 0 Å². The van der Waals surface area contributed by atoms with E-state index in [0.717, 1.165) is 5.56 Å². The minimum atomic E-state index is -1.09. The van der Waals surface area contributed by atoms with Crippen LogP contribution in [0.25, 0.3) is 0 Å². The zero-order valence-electron chi connectivity index (χ0n) is 13.4. The molecule has 0 radical (unpaired) electrons. The van der Waals surface area contributed by atoms with Gasteiger partial charge in [-0.3, -0.25) is 9.59 Å². The molecule has 1 atom stereocenters. The quantitative estimate of drug-likeness (QED) is 0.874. The lowest BCUT2D eigenvalue weighted by atomic mass is 10.0. The Kier molecular flexibility index (Phi) is 4.65. The number of amides is 2. The minimum absolute atomic E-state index is 0.0162. The Morgan fingerprint density at radius 2 is 1.96 bits per heavy atom. The fraction of sp³-hybridized carbons (Fsp3) is 0.222. The number of ether oxygens (including phenoxy) is 1. The van der Waals surface area contributed by atoms with E-state index in [0.29, 0.717) is 5.56 Å². The first-order chi connectivity index (χ1) is 12.0. The number of carbonyl (C=O) groups is 2. The Morgan fingerprint density at radius 1 is 1.20 bits per heavy atom. The number of hydrogen-bond acceptors (Lipinski definition) is 3. The number of methoxy groups -OCH3 is 1. The predicted molar refractivity (Wildman–Crippen MR) is 86.0 cm³/mol. The van der Waals surface area contributed by atoms with E-state index in [1.807, 2.05) is 0 Å². The molecule has 0 unspecified atom stereocenters. The van der Waals surface area contributed by atoms with Gasteiger partial charge in [-0.15, -0.1) is 0 Å². The highest BCUT2D eigenvalue weighted by atomic mass is 19.2. The van der Waals surface area contributed by atoms with Gasteiger partial charge in [-0.2, -0.15) is 4.39 Å². The Hall–Kier alpha value is -2.96. The number of nitrogens with one attached hydrogen (secondary N) is 2. The molecule has 2 aromatic rings. The molecule has 130 valence electrons. The highest BCUT2D eigenvalue weighted by Crippen LogP contribution is 2.27. The molecule has 0 bridgehead atoms. The second kappa shape index (κ2) is 6.88. The van der Waals surface area contributed by atoms with Crippen LogP contribution >= 0.6 is 0 Å². The van der Waals surface area contributed by atoms with Gasteiger partial charge in [-0.1, -0.05) is 24.3 Å². The molecule has 7 heteroatoms. The maximum absolute atomic E-state index is 13.9. The number of benzene rings is 2. The molecule has 0 aromatic heterocycles. The highest BCUT2D eigenvalue weighted by Gasteiger charge is 2.29. The van der Waals surface area contributed by atoms with E-state index < -0.39 is 17.7 Å². The number of carbonyl (C=O) groups excluding carboxylic acids is 2. The average Bonchev–Trinajstić information content (AvgIpc) is 2.92. The third-order valence-electron chi connectivity index (χ3n) is 4.10. The molecule has 5 nitrogen and oxygen atoms in total. The van der Waals surface area contributed by atoms with Crippen LogP contribution in [0.2, 0.25) is 0 Å². The van der Waals surface area contributed by atoms with Crippen molar-refractivity contribution in [3.05, 3.63) is 64.7 Å². The summed E-state index contributed by atoms with van der Waals surface area (Å²) in [6.07, 6.45) is 0.0169. The van der Waals surface area contributed by atoms with Crippen molar-refractivity contribution in [2.45, 2.75) is 19.0 Å². The Bertz CT molecular complexity index is 839. The molecular weight excluding hydrogens is 330 g/mol. The van der Waals surface area contributed by atoms with Crippen LogP contribution in [-0.4, -0.2) is 18.9 Å². The SMILES string of the molecule is COc1ccc(CNC(=O)C[C@@H]2NC(=O)c3ccccc32)c(F)c1F. The van der Waals surface area contributed by atoms with Crippen LogP contribution in [-0.2, 0) is 11.3 Å². The Labute approximate surface area is 143 Å². The van der Waals surface area contributed by atoms with E-state index in [1.54, 1.807) is 24.3 Å². The molecule has 1 aliphatic heterocycles. The van der Waals surface area contributed by atoms with Crippen molar-refractivity contribution < 1.29 is 23.1 Å². The van der Waals surface area contributed by atoms with Crippen molar-refractivity contribution in [2.24, 2.45) is 0 Å². The molecule has 2 N–H and O–H groups in total. The van der Waals surface area contributed by atoms with Crippen molar-refractivity contribution in [3.8, 4) is 5.75 Å². The van der Waals surface area contributed by atoms with E-state index in [4.69, 9.17) is 4.74 Å². The van der Waals surface area contributed by atoms with Crippen LogP contribution in [0.15, 0.2) is 36.4 Å². The molecular formula is C18H16F2N2O3. The summed E-state index contributed by atoms with van der Waals surface area (Å²) in [5.41, 5.74) is 1.32. The molecule has 0 saturated heterocycles. The van der Waals surface area contributed by atoms with Crippen molar-refractivity contribution in [1.29, 1.82) is 0 Å². The second-order valence-electron chi connectivity index (χ2n) is 5.65. The summed E-state index contributed by atoms with van der Waals surface area (Å²) in [6, 6.07) is 9.24. The molecule has 3 rings (SSSR count). The summed E-state index contributed by atoms with van der Waals surface area (Å²) >= 11 is 0. The van der Waals surface area contributed by atoms with Gasteiger partial charge in [0.15, 0.2) is 11.6 Å². The third kappa shape index (κ3) is 3.31. The predicted octanol–water partition coefficient (Wildman–Crippen LogP) is 2.46. The zero-order chi connectivity index (χ0) is 18.0. The fourth-order valence-corrected chi connectivity index (χ4v) is 2.80. The average molecular weight is 346 g/mol. The van der Waals surface area contributed by atoms with Crippen LogP contribution in [0.5, 0.6) is 5.75 Å². The first kappa shape index (κ1) is 16.9. The summed E-state index contributed by atoms with van der Waals surface area (Å²) in [7, 11) is 1.24. The fourth-order valence-electron chi connectivity index (χ4n) is 2.80. The summed E-state index contributed by atoms with van der Waals surface area (Å²) in [5.74, 6) is -2.95. The van der Waals surface area contributed by atoms with E-state index in [9.17, 15) is 18.4 Å². The van der Waals surface area contributed by atoms with E-state index >= 15 is 0 Å². The smallest absolute Gasteiger partial charge is 0.252 e. The van der Waals surface area contributed by atoms with Gasteiger partial charge >= 0.3 is 0 Å². The van der Waals surface area contributed by atoms with Crippen LogP contribution in [0.1, 0.15) is 33.9 Å². The minimum Gasteiger partial charge on any atom is -0.494 e. The van der Waals surface area contributed by atoms with E-state index in [2.05, 4.69) is 10.6 Å². The normalized spacial score (nSPS) is 15.5. The van der Waals surface area contributed by atoms with Crippen LogP contribution in [0, 0.1) is 11.6 Å². The highest BCUT2D eigenvalue weighted by molar-refractivity contribution is 5.99. The molecule has 2 aromatic carbocycles. The molecule has 0 spiro atoms. The summed E-state index contributed by atoms with van der Waals surface area (Å²) in [6.45, 7) is -0.159. The van der Waals surface area contributed by atoms with Gasteiger partial charge < -0.3 is 15.4 Å². The van der Waals surface area contributed by atoms with Gasteiger partial charge in [-0.05, 0) is 17.7 Å². The zero-order valence-corrected chi connectivity index (χ0v) is 13.4. The van der Waals surface area contributed by atoms with Gasteiger partial charge in [0.1, 0.15) is 0 Å². The van der Waals surface area contributed by atoms with Gasteiger partial charge in [0, 0.05) is 17.7 Å². The summed E-state index contributed by atoms with van der Waals surface area (Å²) in [4.78, 5) is 23.9. The van der Waals surface area contributed by atoms with Crippen molar-refractivity contribution in [3.63, 3.8) is 0 Å². The largest absolute Gasteiger partial charge is 0.494 e. The summed E-state index contributed by atoms with van der Waals surface area (Å²) in [5, 5.41) is 5.27. The second-order valence-corrected chi connectivity index (χ2v) is 5.65. The molecule has 1 aliphatic rings. The number of hydrogen-bond donors (Lipinski definition) is 2. The van der Waals surface area contributed by atoms with Crippen molar-refractivity contribution in [2.75, 3.05) is 7.11 Å². The van der Waals surface area contributed by atoms with Crippen LogP contribution < -0.4 is 15.4 Å². The Balaban J connectivity index is 1.63. The van der Waals surface area contributed by atoms with E-state index in [1.165, 1.54) is 19.2 Å². The standard InChI is InChI=1S/C18H16F2N2O3/c1-25-14-7-6-10(16(19)17(14)20)9-21-15(23)8-13-11-4-2-3-5-12(11)18(24)22-13/h2-7,13H,8-9H2,1H3,(H,21,23)(H,22,24)/t13-/m0/s1. The van der Waals surface area contributed by atoms with E-state index in [-0.39, 0.29) is 36.1 Å². The molecule has 0 fully saturated rings. The lowest BCUT2D eigenvalue weighted by Gasteiger charge is -2.13. The van der Waals surface area contributed by atoms with Crippen LogP contribution in [0.4, 0.5) is 8.78 Å². The molecule has 0 saturated carbocycles. The summed E-state index contributed by atoms with van der Waals surface area (Å²) < 4.78 is 32.2. The van der Waals surface area contributed by atoms with Crippen molar-refractivity contribution in [1.82, 2.24) is 10.6 Å². The number of halogens is 2. The first-order valence-corrected chi connectivity index (χ1v) is 7.68. The monoisotopic (exact) mass is 346 g/mol. The van der Waals surface area contributed by atoms with Gasteiger partial charge in [0.05, 0.1) is 19.6 Å². The van der Waals surface area contributed by atoms with Crippen molar-refractivity contribution >= 4 is 11.8 Å². The van der Waals surface area contributed by atoms with Gasteiger partial charge in [-0.25, -0.2) is 4.39 Å². The maximum atomic E-state index is 13.9. The molecule has 2 amide bonds. The molecule has 25 heavy (non-hydrogen) atoms. The molecule has 1 heterocycles. The number of rotatable bonds is 5. The lowest BCUT2D eigenvalue weighted by molar-refractivity contribution is -0.121. The Morgan fingerprint density at radius 3 is 2.72 bits per heavy atom. The van der Waals surface area contributed by atoms with Gasteiger partial charge in [0.25, 0.3) is 5.91 Å². The molecule has 0 aliphatic carbocycles. The lowest BCUT2D eigenvalue weighted by Crippen LogP contribution is -2.29. The van der Waals surface area contributed by atoms with Gasteiger partial charge in [0.2, 0.25) is 11.7 Å². The first-order valence-electron chi connectivity index (χ1n) is 7.68. The number of fused-ring (bicyclic) bond motifs is 1. The maximum Gasteiger partial charge on any atom is 0.252 e. The topological polar surface area (TPSA) is 67.4 Å².